The predicted octanol–water partition coefficient (Wildman–Crippen LogP) is 1.45. The summed E-state index contributed by atoms with van der Waals surface area (Å²) in [6, 6.07) is 12.1. The Bertz CT molecular complexity index is 759. The number of hydrogen-bond donors (Lipinski definition) is 2. The lowest BCUT2D eigenvalue weighted by atomic mass is 10.1. The molecule has 5 nitrogen and oxygen atoms in total. The van der Waals surface area contributed by atoms with Gasteiger partial charge in [-0.1, -0.05) is 18.2 Å². The highest BCUT2D eigenvalue weighted by Gasteiger charge is 2.35. The Morgan fingerprint density at radius 2 is 2.17 bits per heavy atom. The van der Waals surface area contributed by atoms with Crippen molar-refractivity contribution in [2.45, 2.75) is 18.9 Å². The summed E-state index contributed by atoms with van der Waals surface area (Å²) >= 11 is 1.77. The molecule has 1 aromatic heterocycles. The number of anilines is 2. The van der Waals surface area contributed by atoms with Gasteiger partial charge in [0, 0.05) is 12.8 Å². The van der Waals surface area contributed by atoms with Crippen LogP contribution >= 0.6 is 11.3 Å². The number of hydrogen-bond acceptors (Lipinski definition) is 3. The number of nitrogens with one attached hydrogen (secondary N) is 2. The summed E-state index contributed by atoms with van der Waals surface area (Å²) in [5.74, 6) is -0.107. The second kappa shape index (κ2) is 6.37. The Hall–Kier alpha value is -2.18. The largest absolute Gasteiger partial charge is 0.323 e. The van der Waals surface area contributed by atoms with Gasteiger partial charge in [-0.25, -0.2) is 0 Å². The molecule has 6 heteroatoms. The van der Waals surface area contributed by atoms with Crippen molar-refractivity contribution in [1.82, 2.24) is 0 Å². The van der Waals surface area contributed by atoms with Gasteiger partial charge >= 0.3 is 0 Å². The van der Waals surface area contributed by atoms with Crippen LogP contribution in [0.25, 0.3) is 0 Å². The average molecular weight is 342 g/mol. The molecule has 124 valence electrons. The van der Waals surface area contributed by atoms with Crippen LogP contribution in [0.4, 0.5) is 11.4 Å². The minimum absolute atomic E-state index is 0.0238. The third-order valence-electron chi connectivity index (χ3n) is 4.82. The zero-order valence-corrected chi connectivity index (χ0v) is 14.1. The van der Waals surface area contributed by atoms with Crippen LogP contribution in [0.15, 0.2) is 41.8 Å². The third kappa shape index (κ3) is 2.83. The van der Waals surface area contributed by atoms with Crippen molar-refractivity contribution in [3.8, 4) is 0 Å². The Morgan fingerprint density at radius 3 is 3.00 bits per heavy atom. The number of likely N-dealkylation sites (tertiary alicyclic amines) is 1. The van der Waals surface area contributed by atoms with Crippen LogP contribution in [-0.4, -0.2) is 31.4 Å². The number of para-hydroxylation sites is 2. The fraction of sp³-hybridized carbons (Fsp3) is 0.333. The minimum Gasteiger partial charge on any atom is -0.323 e. The molecule has 1 saturated heterocycles. The van der Waals surface area contributed by atoms with Gasteiger partial charge in [-0.15, -0.1) is 11.3 Å². The van der Waals surface area contributed by atoms with Crippen LogP contribution in [0.5, 0.6) is 0 Å². The van der Waals surface area contributed by atoms with E-state index in [0.717, 1.165) is 25.1 Å². The predicted molar refractivity (Wildman–Crippen MR) is 94.4 cm³/mol. The smallest absolute Gasteiger partial charge is 0.282 e. The first-order valence-electron chi connectivity index (χ1n) is 8.29. The highest BCUT2D eigenvalue weighted by atomic mass is 32.1. The van der Waals surface area contributed by atoms with Crippen LogP contribution in [-0.2, 0) is 9.59 Å². The van der Waals surface area contributed by atoms with Crippen molar-refractivity contribution in [2.75, 3.05) is 29.9 Å². The standard InChI is InChI=1S/C18H19N3O2S/c22-17-11-21(14-6-2-1-5-13(14)19-17)18(23)12-20-9-3-7-15(20)16-8-4-10-24-16/h1-2,4-6,8,10,15H,3,7,9,11-12H2,(H,19,22)/p+1/t15-/m0/s1. The van der Waals surface area contributed by atoms with Gasteiger partial charge in [-0.05, 0) is 23.6 Å². The molecule has 0 aliphatic carbocycles. The number of rotatable bonds is 3. The molecule has 2 aliphatic rings. The normalized spacial score (nSPS) is 23.0. The monoisotopic (exact) mass is 342 g/mol. The highest BCUT2D eigenvalue weighted by molar-refractivity contribution is 7.10. The molecule has 0 spiro atoms. The number of quaternary nitrogens is 1. The molecule has 1 fully saturated rings. The van der Waals surface area contributed by atoms with E-state index in [0.29, 0.717) is 18.3 Å². The maximum Gasteiger partial charge on any atom is 0.282 e. The van der Waals surface area contributed by atoms with E-state index in [2.05, 4.69) is 22.8 Å². The van der Waals surface area contributed by atoms with E-state index in [-0.39, 0.29) is 18.4 Å². The molecular formula is C18H20N3O2S+. The van der Waals surface area contributed by atoms with Crippen LogP contribution in [0.3, 0.4) is 0 Å². The maximum atomic E-state index is 12.9. The topological polar surface area (TPSA) is 53.9 Å². The first-order chi connectivity index (χ1) is 11.7. The first kappa shape index (κ1) is 15.4. The van der Waals surface area contributed by atoms with Crippen LogP contribution < -0.4 is 15.1 Å². The molecule has 2 amide bonds. The minimum atomic E-state index is -0.131. The lowest BCUT2D eigenvalue weighted by Crippen LogP contribution is -3.11. The number of thiophene rings is 1. The molecule has 24 heavy (non-hydrogen) atoms. The second-order valence-corrected chi connectivity index (χ2v) is 7.32. The summed E-state index contributed by atoms with van der Waals surface area (Å²) < 4.78 is 0. The molecule has 2 aliphatic heterocycles. The number of benzene rings is 1. The third-order valence-corrected chi connectivity index (χ3v) is 5.81. The van der Waals surface area contributed by atoms with Gasteiger partial charge in [-0.2, -0.15) is 0 Å². The lowest BCUT2D eigenvalue weighted by molar-refractivity contribution is -0.910. The number of nitrogens with zero attached hydrogens (tertiary/aromatic N) is 1. The summed E-state index contributed by atoms with van der Waals surface area (Å²) in [7, 11) is 0. The van der Waals surface area contributed by atoms with Gasteiger partial charge in [-0.3, -0.25) is 14.5 Å². The average Bonchev–Trinajstić information content (AvgIpc) is 3.25. The SMILES string of the molecule is O=C1CN(C(=O)C[NH+]2CCC[C@H]2c2cccs2)c2ccccc2N1. The van der Waals surface area contributed by atoms with Crippen molar-refractivity contribution in [2.24, 2.45) is 0 Å². The number of carbonyl (C=O) groups is 2. The van der Waals surface area contributed by atoms with Crippen molar-refractivity contribution in [3.05, 3.63) is 46.7 Å². The second-order valence-electron chi connectivity index (χ2n) is 6.34. The molecule has 0 radical (unpaired) electrons. The fourth-order valence-corrected chi connectivity index (χ4v) is 4.62. The zero-order valence-electron chi connectivity index (χ0n) is 13.3. The van der Waals surface area contributed by atoms with Crippen molar-refractivity contribution in [1.29, 1.82) is 0 Å². The van der Waals surface area contributed by atoms with Gasteiger partial charge < -0.3 is 10.2 Å². The molecule has 1 aromatic carbocycles. The zero-order chi connectivity index (χ0) is 16.5. The highest BCUT2D eigenvalue weighted by Crippen LogP contribution is 2.29. The van der Waals surface area contributed by atoms with Crippen LogP contribution in [0, 0.1) is 0 Å². The van der Waals surface area contributed by atoms with E-state index >= 15 is 0 Å². The Labute approximate surface area is 144 Å². The van der Waals surface area contributed by atoms with Gasteiger partial charge in [0.1, 0.15) is 12.6 Å². The molecule has 0 bridgehead atoms. The van der Waals surface area contributed by atoms with E-state index in [1.165, 1.54) is 9.78 Å². The van der Waals surface area contributed by atoms with E-state index in [1.54, 1.807) is 16.2 Å². The molecule has 4 rings (SSSR count). The van der Waals surface area contributed by atoms with Crippen molar-refractivity contribution in [3.63, 3.8) is 0 Å². The van der Waals surface area contributed by atoms with Gasteiger partial charge in [0.15, 0.2) is 6.54 Å². The van der Waals surface area contributed by atoms with Crippen LogP contribution in [0.2, 0.25) is 0 Å². The summed E-state index contributed by atoms with van der Waals surface area (Å²) in [4.78, 5) is 29.1. The molecule has 0 saturated carbocycles. The number of carbonyl (C=O) groups excluding carboxylic acids is 2. The Morgan fingerprint density at radius 1 is 1.29 bits per heavy atom. The van der Waals surface area contributed by atoms with Crippen molar-refractivity contribution >= 4 is 34.5 Å². The summed E-state index contributed by atoms with van der Waals surface area (Å²) in [6.07, 6.45) is 2.27. The molecular weight excluding hydrogens is 322 g/mol. The van der Waals surface area contributed by atoms with E-state index in [1.807, 2.05) is 24.3 Å². The Kier molecular flexibility index (Phi) is 4.08. The molecule has 1 unspecified atom stereocenters. The first-order valence-corrected chi connectivity index (χ1v) is 9.17. The van der Waals surface area contributed by atoms with Gasteiger partial charge in [0.25, 0.3) is 5.91 Å². The van der Waals surface area contributed by atoms with E-state index in [9.17, 15) is 9.59 Å². The molecule has 2 aromatic rings. The maximum absolute atomic E-state index is 12.9. The summed E-state index contributed by atoms with van der Waals surface area (Å²) in [6.45, 7) is 1.55. The van der Waals surface area contributed by atoms with Gasteiger partial charge in [0.2, 0.25) is 5.91 Å². The van der Waals surface area contributed by atoms with Gasteiger partial charge in [0.05, 0.1) is 22.8 Å². The number of amides is 2. The lowest BCUT2D eigenvalue weighted by Gasteiger charge is -2.30. The van der Waals surface area contributed by atoms with E-state index < -0.39 is 0 Å². The summed E-state index contributed by atoms with van der Waals surface area (Å²) in [5.41, 5.74) is 1.52. The number of fused-ring (bicyclic) bond motifs is 1. The van der Waals surface area contributed by atoms with Crippen molar-refractivity contribution < 1.29 is 14.5 Å². The Balaban J connectivity index is 1.53. The molecule has 2 atom stereocenters. The van der Waals surface area contributed by atoms with E-state index in [4.69, 9.17) is 0 Å². The fourth-order valence-electron chi connectivity index (χ4n) is 3.70. The quantitative estimate of drug-likeness (QED) is 0.887. The molecule has 2 N–H and O–H groups in total. The molecule has 3 heterocycles. The summed E-state index contributed by atoms with van der Waals surface area (Å²) in [5, 5.41) is 4.93. The van der Waals surface area contributed by atoms with Crippen LogP contribution in [0.1, 0.15) is 23.8 Å².